The van der Waals surface area contributed by atoms with E-state index in [9.17, 15) is 9.59 Å². The predicted molar refractivity (Wildman–Crippen MR) is 96.2 cm³/mol. The lowest BCUT2D eigenvalue weighted by molar-refractivity contribution is -0.130. The van der Waals surface area contributed by atoms with Gasteiger partial charge in [-0.25, -0.2) is 0 Å². The van der Waals surface area contributed by atoms with Crippen LogP contribution in [0, 0.1) is 0 Å². The first-order chi connectivity index (χ1) is 12.0. The molecule has 0 bridgehead atoms. The van der Waals surface area contributed by atoms with Gasteiger partial charge in [0.1, 0.15) is 11.5 Å². The molecular weight excluding hydrogens is 320 g/mol. The van der Waals surface area contributed by atoms with Gasteiger partial charge in [-0.3, -0.25) is 9.59 Å². The molecule has 0 spiro atoms. The van der Waals surface area contributed by atoms with Gasteiger partial charge >= 0.3 is 0 Å². The average Bonchev–Trinajstić information content (AvgIpc) is 2.61. The molecule has 0 aliphatic rings. The summed E-state index contributed by atoms with van der Waals surface area (Å²) in [5.74, 6) is 0.617. The number of carbonyl (C=O) groups is 2. The van der Waals surface area contributed by atoms with Gasteiger partial charge in [0.15, 0.2) is 6.61 Å². The van der Waals surface area contributed by atoms with Crippen molar-refractivity contribution in [2.75, 3.05) is 32.6 Å². The lowest BCUT2D eigenvalue weighted by atomic mass is 10.2. The van der Waals surface area contributed by atoms with Crippen molar-refractivity contribution in [3.63, 3.8) is 0 Å². The van der Waals surface area contributed by atoms with Gasteiger partial charge in [0.05, 0.1) is 12.2 Å². The first kappa shape index (κ1) is 18.3. The summed E-state index contributed by atoms with van der Waals surface area (Å²) in [7, 11) is 3.30. The van der Waals surface area contributed by atoms with Gasteiger partial charge in [0.25, 0.3) is 11.8 Å². The van der Waals surface area contributed by atoms with Crippen molar-refractivity contribution in [1.82, 2.24) is 4.90 Å². The first-order valence-corrected chi connectivity index (χ1v) is 7.97. The zero-order valence-electron chi connectivity index (χ0n) is 14.6. The standard InChI is InChI=1S/C19H22N2O4/c1-4-24-15-11-9-14(10-12-15)20-19(23)16-7-5-6-8-17(16)25-13-18(22)21(2)3/h5-12H,4,13H2,1-3H3,(H,20,23). The zero-order valence-corrected chi connectivity index (χ0v) is 14.6. The van der Waals surface area contributed by atoms with E-state index in [4.69, 9.17) is 9.47 Å². The molecule has 2 aromatic rings. The van der Waals surface area contributed by atoms with E-state index in [1.807, 2.05) is 6.92 Å². The Morgan fingerprint density at radius 3 is 2.32 bits per heavy atom. The molecule has 132 valence electrons. The van der Waals surface area contributed by atoms with Gasteiger partial charge < -0.3 is 19.7 Å². The molecule has 6 heteroatoms. The Bertz CT molecular complexity index is 726. The Morgan fingerprint density at radius 1 is 1.00 bits per heavy atom. The first-order valence-electron chi connectivity index (χ1n) is 7.97. The second-order valence-corrected chi connectivity index (χ2v) is 5.48. The van der Waals surface area contributed by atoms with E-state index in [0.717, 1.165) is 5.75 Å². The molecule has 2 rings (SSSR count). The second kappa shape index (κ2) is 8.73. The van der Waals surface area contributed by atoms with Crippen molar-refractivity contribution in [3.8, 4) is 11.5 Å². The van der Waals surface area contributed by atoms with Gasteiger partial charge in [-0.15, -0.1) is 0 Å². The average molecular weight is 342 g/mol. The summed E-state index contributed by atoms with van der Waals surface area (Å²) in [4.78, 5) is 25.6. The molecule has 0 unspecified atom stereocenters. The van der Waals surface area contributed by atoms with E-state index < -0.39 is 0 Å². The quantitative estimate of drug-likeness (QED) is 0.840. The Balaban J connectivity index is 2.07. The molecule has 0 atom stereocenters. The number of carbonyl (C=O) groups excluding carboxylic acids is 2. The summed E-state index contributed by atoms with van der Waals surface area (Å²) in [5.41, 5.74) is 1.01. The molecular formula is C19H22N2O4. The fourth-order valence-corrected chi connectivity index (χ4v) is 2.05. The maximum atomic E-state index is 12.5. The number of nitrogens with one attached hydrogen (secondary N) is 1. The van der Waals surface area contributed by atoms with Crippen LogP contribution >= 0.6 is 0 Å². The highest BCUT2D eigenvalue weighted by molar-refractivity contribution is 6.06. The molecule has 0 fully saturated rings. The molecule has 1 N–H and O–H groups in total. The smallest absolute Gasteiger partial charge is 0.259 e. The third-order valence-corrected chi connectivity index (χ3v) is 3.40. The molecule has 0 heterocycles. The second-order valence-electron chi connectivity index (χ2n) is 5.48. The maximum Gasteiger partial charge on any atom is 0.259 e. The minimum Gasteiger partial charge on any atom is -0.494 e. The Labute approximate surface area is 147 Å². The number of hydrogen-bond acceptors (Lipinski definition) is 4. The maximum absolute atomic E-state index is 12.5. The number of ether oxygens (including phenoxy) is 2. The molecule has 0 saturated carbocycles. The molecule has 0 aliphatic carbocycles. The van der Waals surface area contributed by atoms with Crippen LogP contribution in [0.1, 0.15) is 17.3 Å². The molecule has 2 aromatic carbocycles. The van der Waals surface area contributed by atoms with E-state index in [1.54, 1.807) is 62.6 Å². The fourth-order valence-electron chi connectivity index (χ4n) is 2.05. The van der Waals surface area contributed by atoms with Crippen LogP contribution in [0.2, 0.25) is 0 Å². The van der Waals surface area contributed by atoms with Gasteiger partial charge in [0.2, 0.25) is 0 Å². The third kappa shape index (κ3) is 5.24. The highest BCUT2D eigenvalue weighted by Gasteiger charge is 2.14. The number of para-hydroxylation sites is 1. The minimum atomic E-state index is -0.308. The molecule has 0 aliphatic heterocycles. The number of rotatable bonds is 7. The van der Waals surface area contributed by atoms with Crippen LogP contribution in [-0.4, -0.2) is 44.0 Å². The van der Waals surface area contributed by atoms with Crippen LogP contribution in [0.25, 0.3) is 0 Å². The lowest BCUT2D eigenvalue weighted by Gasteiger charge is -2.14. The minimum absolute atomic E-state index is 0.125. The van der Waals surface area contributed by atoms with Crippen molar-refractivity contribution in [2.24, 2.45) is 0 Å². The van der Waals surface area contributed by atoms with Crippen LogP contribution in [0.3, 0.4) is 0 Å². The molecule has 6 nitrogen and oxygen atoms in total. The van der Waals surface area contributed by atoms with E-state index in [-0.39, 0.29) is 18.4 Å². The van der Waals surface area contributed by atoms with Crippen molar-refractivity contribution >= 4 is 17.5 Å². The van der Waals surface area contributed by atoms with Gasteiger partial charge in [0, 0.05) is 19.8 Å². The summed E-state index contributed by atoms with van der Waals surface area (Å²) in [6, 6.07) is 13.9. The van der Waals surface area contributed by atoms with Crippen LogP contribution in [0.5, 0.6) is 11.5 Å². The van der Waals surface area contributed by atoms with Crippen molar-refractivity contribution in [3.05, 3.63) is 54.1 Å². The Hall–Kier alpha value is -3.02. The zero-order chi connectivity index (χ0) is 18.2. The normalized spacial score (nSPS) is 10.0. The molecule has 0 radical (unpaired) electrons. The summed E-state index contributed by atoms with van der Waals surface area (Å²) >= 11 is 0. The van der Waals surface area contributed by atoms with Crippen molar-refractivity contribution < 1.29 is 19.1 Å². The number of anilines is 1. The van der Waals surface area contributed by atoms with Crippen molar-refractivity contribution in [1.29, 1.82) is 0 Å². The van der Waals surface area contributed by atoms with Crippen molar-refractivity contribution in [2.45, 2.75) is 6.92 Å². The summed E-state index contributed by atoms with van der Waals surface area (Å²) in [6.45, 7) is 2.37. The number of hydrogen-bond donors (Lipinski definition) is 1. The van der Waals surface area contributed by atoms with Crippen LogP contribution < -0.4 is 14.8 Å². The molecule has 0 saturated heterocycles. The third-order valence-electron chi connectivity index (χ3n) is 3.40. The molecule has 0 aromatic heterocycles. The predicted octanol–water partition coefficient (Wildman–Crippen LogP) is 2.80. The SMILES string of the molecule is CCOc1ccc(NC(=O)c2ccccc2OCC(=O)N(C)C)cc1. The molecule has 2 amide bonds. The highest BCUT2D eigenvalue weighted by atomic mass is 16.5. The van der Waals surface area contributed by atoms with Gasteiger partial charge in [-0.1, -0.05) is 12.1 Å². The van der Waals surface area contributed by atoms with E-state index in [0.29, 0.717) is 23.6 Å². The summed E-state index contributed by atoms with van der Waals surface area (Å²) in [6.07, 6.45) is 0. The summed E-state index contributed by atoms with van der Waals surface area (Å²) in [5, 5.41) is 2.81. The number of likely N-dealkylation sites (N-methyl/N-ethyl adjacent to an activating group) is 1. The van der Waals surface area contributed by atoms with Gasteiger partial charge in [-0.05, 0) is 43.3 Å². The topological polar surface area (TPSA) is 67.9 Å². The Morgan fingerprint density at radius 2 is 1.68 bits per heavy atom. The lowest BCUT2D eigenvalue weighted by Crippen LogP contribution is -2.28. The van der Waals surface area contributed by atoms with E-state index in [1.165, 1.54) is 4.90 Å². The van der Waals surface area contributed by atoms with Crippen LogP contribution in [-0.2, 0) is 4.79 Å². The number of benzene rings is 2. The van der Waals surface area contributed by atoms with Gasteiger partial charge in [-0.2, -0.15) is 0 Å². The van der Waals surface area contributed by atoms with Crippen LogP contribution in [0.15, 0.2) is 48.5 Å². The number of amides is 2. The monoisotopic (exact) mass is 342 g/mol. The Kier molecular flexibility index (Phi) is 6.39. The van der Waals surface area contributed by atoms with Crippen LogP contribution in [0.4, 0.5) is 5.69 Å². The van der Waals surface area contributed by atoms with E-state index >= 15 is 0 Å². The number of nitrogens with zero attached hydrogens (tertiary/aromatic N) is 1. The molecule has 25 heavy (non-hydrogen) atoms. The highest BCUT2D eigenvalue weighted by Crippen LogP contribution is 2.21. The fraction of sp³-hybridized carbons (Fsp3) is 0.263. The summed E-state index contributed by atoms with van der Waals surface area (Å²) < 4.78 is 10.9. The van der Waals surface area contributed by atoms with E-state index in [2.05, 4.69) is 5.32 Å². The largest absolute Gasteiger partial charge is 0.494 e.